The molecular formula is C14H20BrFN2O. The van der Waals surface area contributed by atoms with Crippen LogP contribution in [0.4, 0.5) is 4.39 Å². The highest BCUT2D eigenvalue weighted by Gasteiger charge is 2.16. The van der Waals surface area contributed by atoms with Gasteiger partial charge in [0.25, 0.3) is 0 Å². The third-order valence-electron chi connectivity index (χ3n) is 3.58. The molecule has 0 aromatic heterocycles. The molecule has 0 radical (unpaired) electrons. The molecule has 1 heterocycles. The molecule has 106 valence electrons. The summed E-state index contributed by atoms with van der Waals surface area (Å²) in [5.74, 6) is 0.443. The van der Waals surface area contributed by atoms with E-state index in [1.807, 2.05) is 6.07 Å². The second kappa shape index (κ2) is 6.68. The fourth-order valence-electron chi connectivity index (χ4n) is 2.48. The van der Waals surface area contributed by atoms with Gasteiger partial charge in [-0.05, 0) is 40.9 Å². The van der Waals surface area contributed by atoms with Crippen LogP contribution in [0.2, 0.25) is 0 Å². The third-order valence-corrected chi connectivity index (χ3v) is 4.16. The van der Waals surface area contributed by atoms with Crippen molar-refractivity contribution in [2.24, 2.45) is 0 Å². The molecule has 0 atom stereocenters. The summed E-state index contributed by atoms with van der Waals surface area (Å²) in [4.78, 5) is 2.42. The normalized spacial score (nSPS) is 16.6. The van der Waals surface area contributed by atoms with Crippen LogP contribution in [0.3, 0.4) is 0 Å². The van der Waals surface area contributed by atoms with E-state index >= 15 is 0 Å². The highest BCUT2D eigenvalue weighted by atomic mass is 79.9. The van der Waals surface area contributed by atoms with E-state index in [2.05, 4.69) is 26.1 Å². The Hall–Kier alpha value is -0.650. The summed E-state index contributed by atoms with van der Waals surface area (Å²) >= 11 is 3.27. The molecule has 5 heteroatoms. The van der Waals surface area contributed by atoms with Crippen molar-refractivity contribution >= 4 is 15.9 Å². The molecule has 1 aromatic rings. The Kier molecular flexibility index (Phi) is 5.19. The first kappa shape index (κ1) is 14.8. The van der Waals surface area contributed by atoms with Gasteiger partial charge in [0.05, 0.1) is 11.6 Å². The monoisotopic (exact) mass is 330 g/mol. The standard InChI is InChI=1S/C14H20BrFN2O/c1-10-13(16)12(15)9-11(14(10)19-2)3-6-18-7-4-17-5-8-18/h9,17H,3-8H2,1-2H3. The summed E-state index contributed by atoms with van der Waals surface area (Å²) in [6.07, 6.45) is 0.878. The maximum atomic E-state index is 13.8. The van der Waals surface area contributed by atoms with Crippen LogP contribution in [0.1, 0.15) is 11.1 Å². The van der Waals surface area contributed by atoms with E-state index in [-0.39, 0.29) is 5.82 Å². The van der Waals surface area contributed by atoms with Gasteiger partial charge >= 0.3 is 0 Å². The second-order valence-electron chi connectivity index (χ2n) is 4.83. The Balaban J connectivity index is 2.10. The largest absolute Gasteiger partial charge is 0.496 e. The Morgan fingerprint density at radius 1 is 1.42 bits per heavy atom. The molecular weight excluding hydrogens is 311 g/mol. The summed E-state index contributed by atoms with van der Waals surface area (Å²) in [5.41, 5.74) is 1.64. The van der Waals surface area contributed by atoms with Crippen LogP contribution in [0, 0.1) is 12.7 Å². The van der Waals surface area contributed by atoms with Crippen molar-refractivity contribution < 1.29 is 9.13 Å². The summed E-state index contributed by atoms with van der Waals surface area (Å²) in [6, 6.07) is 1.84. The van der Waals surface area contributed by atoms with Gasteiger partial charge in [-0.2, -0.15) is 0 Å². The van der Waals surface area contributed by atoms with E-state index in [0.29, 0.717) is 15.8 Å². The van der Waals surface area contributed by atoms with E-state index in [4.69, 9.17) is 4.74 Å². The molecule has 1 fully saturated rings. The van der Waals surface area contributed by atoms with Crippen LogP contribution in [0.25, 0.3) is 0 Å². The van der Waals surface area contributed by atoms with Crippen molar-refractivity contribution in [3.05, 3.63) is 27.5 Å². The molecule has 0 spiro atoms. The van der Waals surface area contributed by atoms with Gasteiger partial charge in [-0.1, -0.05) is 0 Å². The summed E-state index contributed by atoms with van der Waals surface area (Å²) in [6.45, 7) is 6.97. The Morgan fingerprint density at radius 2 is 2.11 bits per heavy atom. The van der Waals surface area contributed by atoms with Crippen molar-refractivity contribution in [3.63, 3.8) is 0 Å². The summed E-state index contributed by atoms with van der Waals surface area (Å²) in [7, 11) is 1.60. The van der Waals surface area contributed by atoms with Crippen LogP contribution in [-0.4, -0.2) is 44.7 Å². The number of piperazine rings is 1. The van der Waals surface area contributed by atoms with Crippen molar-refractivity contribution in [2.45, 2.75) is 13.3 Å². The average molecular weight is 331 g/mol. The maximum Gasteiger partial charge on any atom is 0.143 e. The number of nitrogens with one attached hydrogen (secondary N) is 1. The Labute approximate surface area is 122 Å². The molecule has 1 aliphatic heterocycles. The second-order valence-corrected chi connectivity index (χ2v) is 5.69. The van der Waals surface area contributed by atoms with Crippen molar-refractivity contribution in [1.29, 1.82) is 0 Å². The maximum absolute atomic E-state index is 13.8. The SMILES string of the molecule is COc1c(CCN2CCNCC2)cc(Br)c(F)c1C. The van der Waals surface area contributed by atoms with Crippen LogP contribution < -0.4 is 10.1 Å². The lowest BCUT2D eigenvalue weighted by Crippen LogP contribution is -2.44. The highest BCUT2D eigenvalue weighted by molar-refractivity contribution is 9.10. The molecule has 0 unspecified atom stereocenters. The lowest BCUT2D eigenvalue weighted by molar-refractivity contribution is 0.243. The van der Waals surface area contributed by atoms with Gasteiger partial charge in [0, 0.05) is 38.3 Å². The molecule has 0 aliphatic carbocycles. The van der Waals surface area contributed by atoms with Crippen molar-refractivity contribution in [3.8, 4) is 5.75 Å². The van der Waals surface area contributed by atoms with Gasteiger partial charge < -0.3 is 15.0 Å². The molecule has 1 N–H and O–H groups in total. The van der Waals surface area contributed by atoms with Gasteiger partial charge in [0.1, 0.15) is 11.6 Å². The Morgan fingerprint density at radius 3 is 2.74 bits per heavy atom. The van der Waals surface area contributed by atoms with Crippen LogP contribution in [0.15, 0.2) is 10.5 Å². The molecule has 2 rings (SSSR count). The fourth-order valence-corrected chi connectivity index (χ4v) is 3.06. The third kappa shape index (κ3) is 3.46. The Bertz CT molecular complexity index is 448. The molecule has 1 saturated heterocycles. The van der Waals surface area contributed by atoms with Crippen LogP contribution in [0.5, 0.6) is 5.75 Å². The number of methoxy groups -OCH3 is 1. The van der Waals surface area contributed by atoms with Crippen molar-refractivity contribution in [1.82, 2.24) is 10.2 Å². The number of halogens is 2. The molecule has 3 nitrogen and oxygen atoms in total. The zero-order valence-corrected chi connectivity index (χ0v) is 13.0. The fraction of sp³-hybridized carbons (Fsp3) is 0.571. The van der Waals surface area contributed by atoms with Crippen LogP contribution >= 0.6 is 15.9 Å². The summed E-state index contributed by atoms with van der Waals surface area (Å²) < 4.78 is 19.7. The number of rotatable bonds is 4. The zero-order valence-electron chi connectivity index (χ0n) is 11.4. The van der Waals surface area contributed by atoms with E-state index in [9.17, 15) is 4.39 Å². The molecule has 19 heavy (non-hydrogen) atoms. The van der Waals surface area contributed by atoms with Crippen molar-refractivity contribution in [2.75, 3.05) is 39.8 Å². The number of ether oxygens (including phenoxy) is 1. The molecule has 0 bridgehead atoms. The molecule has 1 aromatic carbocycles. The quantitative estimate of drug-likeness (QED) is 0.917. The lowest BCUT2D eigenvalue weighted by Gasteiger charge is -2.27. The van der Waals surface area contributed by atoms with E-state index < -0.39 is 0 Å². The minimum absolute atomic E-state index is 0.234. The van der Waals surface area contributed by atoms with Gasteiger partial charge in [-0.3, -0.25) is 0 Å². The number of hydrogen-bond acceptors (Lipinski definition) is 3. The predicted molar refractivity (Wildman–Crippen MR) is 78.4 cm³/mol. The van der Waals surface area contributed by atoms with E-state index in [0.717, 1.165) is 44.7 Å². The van der Waals surface area contributed by atoms with Gasteiger partial charge in [-0.15, -0.1) is 0 Å². The van der Waals surface area contributed by atoms with Gasteiger partial charge in [0.2, 0.25) is 0 Å². The predicted octanol–water partition coefficient (Wildman–Crippen LogP) is 2.35. The molecule has 0 saturated carbocycles. The topological polar surface area (TPSA) is 24.5 Å². The van der Waals surface area contributed by atoms with Crippen LogP contribution in [-0.2, 0) is 6.42 Å². The average Bonchev–Trinajstić information content (AvgIpc) is 2.44. The first-order chi connectivity index (χ1) is 9.13. The van der Waals surface area contributed by atoms with Gasteiger partial charge in [-0.25, -0.2) is 4.39 Å². The van der Waals surface area contributed by atoms with Gasteiger partial charge in [0.15, 0.2) is 0 Å². The summed E-state index contributed by atoms with van der Waals surface area (Å²) in [5, 5.41) is 3.34. The zero-order chi connectivity index (χ0) is 13.8. The number of hydrogen-bond donors (Lipinski definition) is 1. The minimum atomic E-state index is -0.234. The first-order valence-electron chi connectivity index (χ1n) is 6.58. The molecule has 0 amide bonds. The molecule has 1 aliphatic rings. The smallest absolute Gasteiger partial charge is 0.143 e. The number of nitrogens with zero attached hydrogens (tertiary/aromatic N) is 1. The van der Waals surface area contributed by atoms with E-state index in [1.54, 1.807) is 14.0 Å². The lowest BCUT2D eigenvalue weighted by atomic mass is 10.1. The highest BCUT2D eigenvalue weighted by Crippen LogP contribution is 2.31. The first-order valence-corrected chi connectivity index (χ1v) is 7.37. The number of benzene rings is 1. The van der Waals surface area contributed by atoms with E-state index in [1.165, 1.54) is 0 Å². The minimum Gasteiger partial charge on any atom is -0.496 e.